The van der Waals surface area contributed by atoms with E-state index < -0.39 is 11.4 Å². The van der Waals surface area contributed by atoms with Crippen molar-refractivity contribution < 1.29 is 9.52 Å². The molecule has 6 heteroatoms. The molecule has 0 fully saturated rings. The van der Waals surface area contributed by atoms with Crippen LogP contribution in [0.1, 0.15) is 13.8 Å². The van der Waals surface area contributed by atoms with Gasteiger partial charge in [-0.3, -0.25) is 0 Å². The average molecular weight is 240 g/mol. The second-order valence-corrected chi connectivity index (χ2v) is 5.07. The molecule has 5 nitrogen and oxygen atoms in total. The van der Waals surface area contributed by atoms with Gasteiger partial charge in [-0.05, 0) is 25.3 Å². The average Bonchev–Trinajstić information content (AvgIpc) is 2.73. The highest BCUT2D eigenvalue weighted by molar-refractivity contribution is 7.13. The third-order valence-electron chi connectivity index (χ3n) is 1.87. The number of thiophene rings is 1. The van der Waals surface area contributed by atoms with Crippen LogP contribution in [0.15, 0.2) is 26.7 Å². The lowest BCUT2D eigenvalue weighted by atomic mass is 10.1. The molecule has 0 aliphatic carbocycles. The quantitative estimate of drug-likeness (QED) is 0.879. The minimum absolute atomic E-state index is 0.112. The summed E-state index contributed by atoms with van der Waals surface area (Å²) in [6, 6.07) is 3.68. The summed E-state index contributed by atoms with van der Waals surface area (Å²) in [5, 5.41) is 15.5. The van der Waals surface area contributed by atoms with Crippen molar-refractivity contribution in [2.45, 2.75) is 26.0 Å². The maximum Gasteiger partial charge on any atom is 0.437 e. The zero-order chi connectivity index (χ0) is 11.8. The Kier molecular flexibility index (Phi) is 2.69. The summed E-state index contributed by atoms with van der Waals surface area (Å²) < 4.78 is 6.13. The van der Waals surface area contributed by atoms with E-state index in [2.05, 4.69) is 5.10 Å². The molecule has 0 saturated heterocycles. The normalized spacial score (nSPS) is 11.9. The van der Waals surface area contributed by atoms with Gasteiger partial charge in [0.1, 0.15) is 0 Å². The maximum absolute atomic E-state index is 11.4. The highest BCUT2D eigenvalue weighted by atomic mass is 32.1. The van der Waals surface area contributed by atoms with Crippen LogP contribution in [0.3, 0.4) is 0 Å². The second-order valence-electron chi connectivity index (χ2n) is 4.12. The molecule has 0 unspecified atom stereocenters. The van der Waals surface area contributed by atoms with Crippen LogP contribution in [0.2, 0.25) is 0 Å². The van der Waals surface area contributed by atoms with Crippen LogP contribution in [-0.4, -0.2) is 20.5 Å². The van der Waals surface area contributed by atoms with Gasteiger partial charge in [-0.15, -0.1) is 16.4 Å². The molecule has 0 atom stereocenters. The van der Waals surface area contributed by atoms with Gasteiger partial charge in [-0.25, -0.2) is 4.79 Å². The lowest BCUT2D eigenvalue weighted by molar-refractivity contribution is 0.0556. The minimum atomic E-state index is -0.993. The molecular weight excluding hydrogens is 228 g/mol. The van der Waals surface area contributed by atoms with Gasteiger partial charge in [0, 0.05) is 0 Å². The summed E-state index contributed by atoms with van der Waals surface area (Å²) in [6.07, 6.45) is 0. The van der Waals surface area contributed by atoms with Gasteiger partial charge in [-0.1, -0.05) is 6.07 Å². The molecule has 16 heavy (non-hydrogen) atoms. The van der Waals surface area contributed by atoms with E-state index >= 15 is 0 Å². The van der Waals surface area contributed by atoms with Crippen LogP contribution in [0.25, 0.3) is 10.8 Å². The van der Waals surface area contributed by atoms with Crippen LogP contribution in [-0.2, 0) is 6.54 Å². The molecule has 2 aromatic heterocycles. The highest BCUT2D eigenvalue weighted by Gasteiger charge is 2.18. The molecule has 0 bridgehead atoms. The lowest BCUT2D eigenvalue weighted by Gasteiger charge is -2.14. The Labute approximate surface area is 96.0 Å². The Morgan fingerprint density at radius 3 is 2.94 bits per heavy atom. The Morgan fingerprint density at radius 2 is 2.38 bits per heavy atom. The zero-order valence-corrected chi connectivity index (χ0v) is 9.82. The van der Waals surface area contributed by atoms with E-state index in [1.165, 1.54) is 11.3 Å². The van der Waals surface area contributed by atoms with Gasteiger partial charge in [-0.2, -0.15) is 4.68 Å². The van der Waals surface area contributed by atoms with Gasteiger partial charge < -0.3 is 9.52 Å². The van der Waals surface area contributed by atoms with Gasteiger partial charge in [0.2, 0.25) is 0 Å². The van der Waals surface area contributed by atoms with Crippen LogP contribution in [0.4, 0.5) is 0 Å². The Bertz CT molecular complexity index is 519. The predicted octanol–water partition coefficient (Wildman–Crippen LogP) is 1.34. The molecule has 0 aliphatic rings. The first kappa shape index (κ1) is 11.1. The molecule has 2 rings (SSSR count). The molecular formula is C10H12N2O3S. The summed E-state index contributed by atoms with van der Waals surface area (Å²) in [4.78, 5) is 12.2. The summed E-state index contributed by atoms with van der Waals surface area (Å²) in [6.45, 7) is 3.33. The number of hydrogen-bond acceptors (Lipinski definition) is 5. The molecule has 0 saturated carbocycles. The van der Waals surface area contributed by atoms with E-state index in [0.717, 1.165) is 9.56 Å². The largest absolute Gasteiger partial charge is 0.437 e. The number of rotatable bonds is 3. The standard InChI is InChI=1S/C10H12N2O3S/c1-10(2,14)6-12-9(13)15-8(11-12)7-4-3-5-16-7/h3-5,14H,6H2,1-2H3. The molecule has 1 N–H and O–H groups in total. The first-order valence-electron chi connectivity index (χ1n) is 4.80. The van der Waals surface area contributed by atoms with Gasteiger partial charge in [0.25, 0.3) is 5.89 Å². The molecule has 86 valence electrons. The smallest absolute Gasteiger partial charge is 0.389 e. The van der Waals surface area contributed by atoms with Crippen LogP contribution < -0.4 is 5.76 Å². The molecule has 0 aromatic carbocycles. The molecule has 0 amide bonds. The van der Waals surface area contributed by atoms with Crippen molar-refractivity contribution in [3.05, 3.63) is 28.1 Å². The third kappa shape index (κ3) is 2.40. The third-order valence-corrected chi connectivity index (χ3v) is 2.73. The Balaban J connectivity index is 2.33. The van der Waals surface area contributed by atoms with Crippen molar-refractivity contribution in [2.24, 2.45) is 0 Å². The van der Waals surface area contributed by atoms with Gasteiger partial charge >= 0.3 is 5.76 Å². The van der Waals surface area contributed by atoms with E-state index in [4.69, 9.17) is 4.42 Å². The van der Waals surface area contributed by atoms with Crippen LogP contribution in [0, 0.1) is 0 Å². The summed E-state index contributed by atoms with van der Waals surface area (Å²) >= 11 is 1.45. The number of hydrogen-bond donors (Lipinski definition) is 1. The molecule has 0 aliphatic heterocycles. The van der Waals surface area contributed by atoms with Crippen LogP contribution >= 0.6 is 11.3 Å². The second kappa shape index (κ2) is 3.88. The Morgan fingerprint density at radius 1 is 1.62 bits per heavy atom. The van der Waals surface area contributed by atoms with Crippen molar-refractivity contribution in [3.63, 3.8) is 0 Å². The van der Waals surface area contributed by atoms with Crippen molar-refractivity contribution in [2.75, 3.05) is 0 Å². The van der Waals surface area contributed by atoms with E-state index in [1.54, 1.807) is 13.8 Å². The maximum atomic E-state index is 11.4. The van der Waals surface area contributed by atoms with E-state index in [-0.39, 0.29) is 6.54 Å². The lowest BCUT2D eigenvalue weighted by Crippen LogP contribution is -2.31. The molecule has 0 spiro atoms. The first-order valence-corrected chi connectivity index (χ1v) is 5.68. The number of nitrogens with zero attached hydrogens (tertiary/aromatic N) is 2. The molecule has 2 aromatic rings. The van der Waals surface area contributed by atoms with E-state index in [9.17, 15) is 9.90 Å². The summed E-state index contributed by atoms with van der Waals surface area (Å²) in [5.41, 5.74) is -0.993. The predicted molar refractivity (Wildman–Crippen MR) is 60.4 cm³/mol. The van der Waals surface area contributed by atoms with E-state index in [0.29, 0.717) is 5.89 Å². The fourth-order valence-electron chi connectivity index (χ4n) is 1.27. The number of aliphatic hydroxyl groups is 1. The van der Waals surface area contributed by atoms with E-state index in [1.807, 2.05) is 17.5 Å². The molecule has 0 radical (unpaired) electrons. The summed E-state index contributed by atoms with van der Waals surface area (Å²) in [5.74, 6) is -0.255. The van der Waals surface area contributed by atoms with Gasteiger partial charge in [0.15, 0.2) is 0 Å². The fraction of sp³-hybridized carbons (Fsp3) is 0.400. The first-order chi connectivity index (χ1) is 7.46. The fourth-order valence-corrected chi connectivity index (χ4v) is 1.92. The minimum Gasteiger partial charge on any atom is -0.389 e. The SMILES string of the molecule is CC(C)(O)Cn1nc(-c2cccs2)oc1=O. The zero-order valence-electron chi connectivity index (χ0n) is 9.01. The Hall–Kier alpha value is -1.40. The topological polar surface area (TPSA) is 68.3 Å². The highest BCUT2D eigenvalue weighted by Crippen LogP contribution is 2.21. The van der Waals surface area contributed by atoms with Crippen molar-refractivity contribution in [3.8, 4) is 10.8 Å². The van der Waals surface area contributed by atoms with Crippen molar-refractivity contribution in [1.82, 2.24) is 9.78 Å². The molecule has 2 heterocycles. The van der Waals surface area contributed by atoms with Crippen LogP contribution in [0.5, 0.6) is 0 Å². The van der Waals surface area contributed by atoms with Crippen molar-refractivity contribution in [1.29, 1.82) is 0 Å². The summed E-state index contributed by atoms with van der Waals surface area (Å²) in [7, 11) is 0. The number of aromatic nitrogens is 2. The van der Waals surface area contributed by atoms with Crippen molar-refractivity contribution >= 4 is 11.3 Å². The monoisotopic (exact) mass is 240 g/mol. The van der Waals surface area contributed by atoms with Gasteiger partial charge in [0.05, 0.1) is 17.0 Å².